The Kier molecular flexibility index (Phi) is 2.61. The lowest BCUT2D eigenvalue weighted by atomic mass is 10.8. The fourth-order valence-electron chi connectivity index (χ4n) is 0.591. The highest BCUT2D eigenvalue weighted by atomic mass is 32.2. The number of carboxylic acids is 1. The highest BCUT2D eigenvalue weighted by Crippen LogP contribution is 2.03. The fraction of sp³-hybridized carbons (Fsp3) is 0.500. The van der Waals surface area contributed by atoms with Crippen molar-refractivity contribution in [2.75, 3.05) is 5.75 Å². The summed E-state index contributed by atoms with van der Waals surface area (Å²) in [7, 11) is 1.50. The molecular formula is C4H6N4O3S. The number of tetrazole rings is 1. The molecule has 7 nitrogen and oxygen atoms in total. The number of carbonyl (C=O) groups is 1. The van der Waals surface area contributed by atoms with Crippen LogP contribution in [-0.2, 0) is 23.0 Å². The van der Waals surface area contributed by atoms with Crippen LogP contribution in [0.3, 0.4) is 0 Å². The molecule has 0 fully saturated rings. The van der Waals surface area contributed by atoms with Crippen molar-refractivity contribution >= 4 is 17.1 Å². The molecule has 8 heteroatoms. The molecule has 0 aliphatic heterocycles. The van der Waals surface area contributed by atoms with Gasteiger partial charge in [-0.25, -0.2) is 4.79 Å². The molecule has 1 aromatic heterocycles. The van der Waals surface area contributed by atoms with Gasteiger partial charge in [-0.3, -0.25) is 0 Å². The van der Waals surface area contributed by atoms with Crippen molar-refractivity contribution < 1.29 is 14.5 Å². The van der Waals surface area contributed by atoms with E-state index in [1.807, 2.05) is 0 Å². The van der Waals surface area contributed by atoms with E-state index < -0.39 is 22.9 Å². The van der Waals surface area contributed by atoms with Gasteiger partial charge >= 0.3 is 11.1 Å². The van der Waals surface area contributed by atoms with Crippen LogP contribution in [0.5, 0.6) is 0 Å². The second-order valence-corrected chi connectivity index (χ2v) is 3.31. The Morgan fingerprint density at radius 3 is 2.92 bits per heavy atom. The zero-order chi connectivity index (χ0) is 9.14. The van der Waals surface area contributed by atoms with Crippen LogP contribution < -0.4 is 0 Å². The Morgan fingerprint density at radius 2 is 2.50 bits per heavy atom. The van der Waals surface area contributed by atoms with Crippen molar-refractivity contribution in [3.8, 4) is 0 Å². The van der Waals surface area contributed by atoms with Crippen LogP contribution in [-0.4, -0.2) is 41.6 Å². The van der Waals surface area contributed by atoms with Gasteiger partial charge in [0.05, 0.1) is 0 Å². The number of aromatic nitrogens is 4. The smallest absolute Gasteiger partial charge is 0.361 e. The van der Waals surface area contributed by atoms with Gasteiger partial charge in [-0.05, 0) is 10.4 Å². The monoisotopic (exact) mass is 190 g/mol. The lowest BCUT2D eigenvalue weighted by Crippen LogP contribution is -2.19. The third kappa shape index (κ3) is 1.92. The summed E-state index contributed by atoms with van der Waals surface area (Å²) in [4.78, 5) is 10.1. The van der Waals surface area contributed by atoms with E-state index in [4.69, 9.17) is 5.11 Å². The molecule has 0 aromatic carbocycles. The molecular weight excluding hydrogens is 184 g/mol. The first kappa shape index (κ1) is 8.94. The zero-order valence-corrected chi connectivity index (χ0v) is 6.98. The van der Waals surface area contributed by atoms with Gasteiger partial charge in [0.2, 0.25) is 5.75 Å². The van der Waals surface area contributed by atoms with E-state index in [-0.39, 0.29) is 5.16 Å². The largest absolute Gasteiger partial charge is 0.608 e. The predicted molar refractivity (Wildman–Crippen MR) is 37.7 cm³/mol. The Hall–Kier alpha value is -1.15. The first-order valence-electron chi connectivity index (χ1n) is 2.94. The molecule has 0 amide bonds. The molecule has 0 spiro atoms. The quantitative estimate of drug-likeness (QED) is 0.576. The summed E-state index contributed by atoms with van der Waals surface area (Å²) in [6.07, 6.45) is 0. The fourth-order valence-corrected chi connectivity index (χ4v) is 1.40. The molecule has 1 aromatic rings. The minimum atomic E-state index is -1.67. The molecule has 1 rings (SSSR count). The average molecular weight is 190 g/mol. The molecule has 0 radical (unpaired) electrons. The van der Waals surface area contributed by atoms with Gasteiger partial charge in [-0.15, -0.1) is 0 Å². The maximum atomic E-state index is 11.1. The molecule has 0 aliphatic rings. The van der Waals surface area contributed by atoms with E-state index in [0.29, 0.717) is 0 Å². The molecule has 1 heterocycles. The molecule has 66 valence electrons. The van der Waals surface area contributed by atoms with Gasteiger partial charge in [0, 0.05) is 18.2 Å². The highest BCUT2D eigenvalue weighted by Gasteiger charge is 2.21. The maximum absolute atomic E-state index is 11.1. The van der Waals surface area contributed by atoms with Gasteiger partial charge in [0.1, 0.15) is 0 Å². The molecule has 0 bridgehead atoms. The van der Waals surface area contributed by atoms with E-state index in [1.54, 1.807) is 0 Å². The molecule has 12 heavy (non-hydrogen) atoms. The number of hydrogen-bond donors (Lipinski definition) is 1. The second kappa shape index (κ2) is 3.50. The van der Waals surface area contributed by atoms with Crippen molar-refractivity contribution in [1.82, 2.24) is 20.2 Å². The Morgan fingerprint density at radius 1 is 1.83 bits per heavy atom. The van der Waals surface area contributed by atoms with Crippen LogP contribution in [0.25, 0.3) is 0 Å². The molecule has 0 saturated heterocycles. The second-order valence-electron chi connectivity index (χ2n) is 1.97. The van der Waals surface area contributed by atoms with Gasteiger partial charge in [-0.2, -0.15) is 4.68 Å². The van der Waals surface area contributed by atoms with Gasteiger partial charge in [0.15, 0.2) is 0 Å². The minimum absolute atomic E-state index is 0.0670. The third-order valence-corrected chi connectivity index (χ3v) is 2.30. The van der Waals surface area contributed by atoms with Crippen LogP contribution >= 0.6 is 0 Å². The Labute approximate surface area is 70.6 Å². The lowest BCUT2D eigenvalue weighted by Gasteiger charge is -2.03. The molecule has 0 aliphatic carbocycles. The average Bonchev–Trinajstić information content (AvgIpc) is 2.33. The third-order valence-electron chi connectivity index (χ3n) is 1.04. The van der Waals surface area contributed by atoms with E-state index in [2.05, 4.69) is 15.5 Å². The first-order valence-corrected chi connectivity index (χ1v) is 4.25. The zero-order valence-electron chi connectivity index (χ0n) is 6.17. The Balaban J connectivity index is 2.71. The van der Waals surface area contributed by atoms with Crippen LogP contribution in [0.1, 0.15) is 0 Å². The summed E-state index contributed by atoms with van der Waals surface area (Å²) in [6, 6.07) is 0. The van der Waals surface area contributed by atoms with Crippen LogP contribution in [0, 0.1) is 0 Å². The Bertz CT molecular complexity index is 288. The predicted octanol–water partition coefficient (Wildman–Crippen LogP) is -1.60. The summed E-state index contributed by atoms with van der Waals surface area (Å²) >= 11 is -1.67. The SMILES string of the molecule is Cn1nnnc1[S+]([O-])CC(=O)O. The summed E-state index contributed by atoms with van der Waals surface area (Å²) < 4.78 is 12.3. The maximum Gasteiger partial charge on any atom is 0.361 e. The molecule has 1 atom stereocenters. The summed E-state index contributed by atoms with van der Waals surface area (Å²) in [5.41, 5.74) is 0. The van der Waals surface area contributed by atoms with Gasteiger partial charge in [0.25, 0.3) is 0 Å². The van der Waals surface area contributed by atoms with Crippen molar-refractivity contribution in [2.24, 2.45) is 7.05 Å². The van der Waals surface area contributed by atoms with Crippen molar-refractivity contribution in [1.29, 1.82) is 0 Å². The van der Waals surface area contributed by atoms with E-state index in [0.717, 1.165) is 0 Å². The topological polar surface area (TPSA) is 104 Å². The number of hydrogen-bond acceptors (Lipinski definition) is 5. The van der Waals surface area contributed by atoms with Crippen molar-refractivity contribution in [2.45, 2.75) is 5.16 Å². The van der Waals surface area contributed by atoms with Crippen LogP contribution in [0.2, 0.25) is 0 Å². The number of nitrogens with zero attached hydrogens (tertiary/aromatic N) is 4. The number of aryl methyl sites for hydroxylation is 1. The van der Waals surface area contributed by atoms with Crippen LogP contribution in [0.4, 0.5) is 0 Å². The first-order chi connectivity index (χ1) is 5.61. The summed E-state index contributed by atoms with van der Waals surface area (Å²) in [5, 5.41) is 18.4. The summed E-state index contributed by atoms with van der Waals surface area (Å²) in [5.74, 6) is -1.62. The van der Waals surface area contributed by atoms with Gasteiger partial charge in [-0.1, -0.05) is 5.10 Å². The minimum Gasteiger partial charge on any atom is -0.608 e. The number of rotatable bonds is 3. The standard InChI is InChI=1S/C4H6N4O3S/c1-8-4(5-6-7-8)12(11)2-3(9)10/h2H2,1H3,(H,9,10). The lowest BCUT2D eigenvalue weighted by molar-refractivity contribution is -0.134. The number of carboxylic acid groups (broad SMARTS) is 1. The van der Waals surface area contributed by atoms with Crippen LogP contribution in [0.15, 0.2) is 5.16 Å². The normalized spacial score (nSPS) is 12.8. The van der Waals surface area contributed by atoms with Crippen molar-refractivity contribution in [3.63, 3.8) is 0 Å². The highest BCUT2D eigenvalue weighted by molar-refractivity contribution is 7.91. The molecule has 1 N–H and O–H groups in total. The molecule has 0 saturated carbocycles. The number of aliphatic carboxylic acids is 1. The van der Waals surface area contributed by atoms with E-state index in [9.17, 15) is 9.35 Å². The molecule has 1 unspecified atom stereocenters. The van der Waals surface area contributed by atoms with E-state index in [1.165, 1.54) is 11.7 Å². The van der Waals surface area contributed by atoms with Gasteiger partial charge < -0.3 is 9.66 Å². The van der Waals surface area contributed by atoms with Crippen molar-refractivity contribution in [3.05, 3.63) is 0 Å². The van der Waals surface area contributed by atoms with E-state index >= 15 is 0 Å². The summed E-state index contributed by atoms with van der Waals surface area (Å²) in [6.45, 7) is 0.